The van der Waals surface area contributed by atoms with Gasteiger partial charge >= 0.3 is 51.4 Å². The van der Waals surface area contributed by atoms with Crippen LogP contribution in [0, 0.1) is 0 Å². The van der Waals surface area contributed by atoms with Crippen LogP contribution in [0.15, 0.2) is 0 Å². The standard InChI is InChI=1S/C4H8NO2.K/c1-2-7-4(6)3-5;/h5H,2-3H2,1H3;/q-1;+1. The van der Waals surface area contributed by atoms with E-state index in [-0.39, 0.29) is 57.9 Å². The molecule has 0 radical (unpaired) electrons. The normalized spacial score (nSPS) is 7.25. The van der Waals surface area contributed by atoms with Gasteiger partial charge in [0.1, 0.15) is 0 Å². The molecule has 0 saturated heterocycles. The van der Waals surface area contributed by atoms with Crippen LogP contribution in [0.4, 0.5) is 0 Å². The third-order valence-corrected chi connectivity index (χ3v) is 0.450. The number of esters is 1. The van der Waals surface area contributed by atoms with Crippen LogP contribution in [0.5, 0.6) is 0 Å². The molecule has 3 nitrogen and oxygen atoms in total. The van der Waals surface area contributed by atoms with Gasteiger partial charge in [0.15, 0.2) is 0 Å². The molecule has 0 saturated carbocycles. The molecule has 8 heavy (non-hydrogen) atoms. The summed E-state index contributed by atoms with van der Waals surface area (Å²) < 4.78 is 4.36. The molecule has 0 aromatic rings. The first kappa shape index (κ1) is 11.8. The topological polar surface area (TPSA) is 50.1 Å². The van der Waals surface area contributed by atoms with E-state index in [0.717, 1.165) is 0 Å². The van der Waals surface area contributed by atoms with E-state index in [1.165, 1.54) is 0 Å². The number of hydrogen-bond donors (Lipinski definition) is 0. The zero-order valence-electron chi connectivity index (χ0n) is 5.23. The van der Waals surface area contributed by atoms with Gasteiger partial charge in [-0.1, -0.05) is 0 Å². The molecule has 0 aliphatic heterocycles. The summed E-state index contributed by atoms with van der Waals surface area (Å²) in [5, 5.41) is 0. The van der Waals surface area contributed by atoms with Crippen molar-refractivity contribution in [3.05, 3.63) is 5.73 Å². The van der Waals surface area contributed by atoms with Gasteiger partial charge in [-0.3, -0.25) is 4.79 Å². The summed E-state index contributed by atoms with van der Waals surface area (Å²) in [6, 6.07) is 0. The Balaban J connectivity index is 0. The molecule has 1 N–H and O–H groups in total. The Labute approximate surface area is 91.4 Å². The number of carbonyl (C=O) groups is 1. The molecular formula is C4H8KNO2. The third-order valence-electron chi connectivity index (χ3n) is 0.450. The smallest absolute Gasteiger partial charge is 0.668 e. The van der Waals surface area contributed by atoms with Crippen LogP contribution < -0.4 is 51.4 Å². The molecule has 0 aromatic heterocycles. The molecule has 0 spiro atoms. The van der Waals surface area contributed by atoms with Crippen molar-refractivity contribution in [1.29, 1.82) is 0 Å². The molecule has 0 amide bonds. The fourth-order valence-electron chi connectivity index (χ4n) is 0.212. The maximum atomic E-state index is 10.0. The van der Waals surface area contributed by atoms with Crippen LogP contribution in [0.3, 0.4) is 0 Å². The maximum Gasteiger partial charge on any atom is 1.00 e. The molecule has 0 rings (SSSR count). The van der Waals surface area contributed by atoms with E-state index >= 15 is 0 Å². The van der Waals surface area contributed by atoms with Crippen LogP contribution >= 0.6 is 0 Å². The molecule has 0 bridgehead atoms. The molecule has 0 heterocycles. The van der Waals surface area contributed by atoms with Gasteiger partial charge in [-0.25, -0.2) is 0 Å². The Morgan fingerprint density at radius 3 is 2.38 bits per heavy atom. The van der Waals surface area contributed by atoms with Gasteiger partial charge in [0.25, 0.3) is 5.97 Å². The van der Waals surface area contributed by atoms with Crippen molar-refractivity contribution in [2.45, 2.75) is 6.92 Å². The van der Waals surface area contributed by atoms with Crippen molar-refractivity contribution in [2.75, 3.05) is 13.2 Å². The number of rotatable bonds is 2. The second kappa shape index (κ2) is 8.07. The summed E-state index contributed by atoms with van der Waals surface area (Å²) in [4.78, 5) is 10.0. The third kappa shape index (κ3) is 7.07. The van der Waals surface area contributed by atoms with E-state index in [1.54, 1.807) is 6.92 Å². The van der Waals surface area contributed by atoms with Gasteiger partial charge in [-0.05, 0) is 13.5 Å². The van der Waals surface area contributed by atoms with E-state index in [1.807, 2.05) is 0 Å². The SMILES string of the molecule is CCOC(=O)C[NH-].[K+]. The zero-order valence-corrected chi connectivity index (χ0v) is 8.35. The molecule has 0 aliphatic rings. The van der Waals surface area contributed by atoms with Crippen molar-refractivity contribution in [1.82, 2.24) is 0 Å². The predicted octanol–water partition coefficient (Wildman–Crippen LogP) is -2.39. The Hall–Kier alpha value is 1.07. The van der Waals surface area contributed by atoms with E-state index in [2.05, 4.69) is 4.74 Å². The van der Waals surface area contributed by atoms with Gasteiger partial charge in [-0.15, -0.1) is 0 Å². The number of ether oxygens (including phenoxy) is 1. The first-order chi connectivity index (χ1) is 3.31. The second-order valence-electron chi connectivity index (χ2n) is 0.982. The van der Waals surface area contributed by atoms with E-state index in [0.29, 0.717) is 6.61 Å². The van der Waals surface area contributed by atoms with Gasteiger partial charge < -0.3 is 10.5 Å². The Bertz CT molecular complexity index is 67.1. The van der Waals surface area contributed by atoms with Crippen molar-refractivity contribution in [3.63, 3.8) is 0 Å². The molecule has 0 aliphatic carbocycles. The number of carbonyl (C=O) groups excluding carboxylic acids is 1. The first-order valence-electron chi connectivity index (χ1n) is 2.11. The summed E-state index contributed by atoms with van der Waals surface area (Å²) in [6.45, 7) is 1.82. The first-order valence-corrected chi connectivity index (χ1v) is 2.11. The summed E-state index contributed by atoms with van der Waals surface area (Å²) in [7, 11) is 0. The number of hydrogen-bond acceptors (Lipinski definition) is 2. The van der Waals surface area contributed by atoms with Crippen LogP contribution in [0.1, 0.15) is 6.92 Å². The van der Waals surface area contributed by atoms with Crippen LogP contribution in [0.2, 0.25) is 0 Å². The van der Waals surface area contributed by atoms with Gasteiger partial charge in [0.2, 0.25) is 0 Å². The van der Waals surface area contributed by atoms with E-state index in [4.69, 9.17) is 5.73 Å². The molecule has 42 valence electrons. The van der Waals surface area contributed by atoms with E-state index < -0.39 is 5.97 Å². The fourth-order valence-corrected chi connectivity index (χ4v) is 0.212. The van der Waals surface area contributed by atoms with E-state index in [9.17, 15) is 4.79 Å². The summed E-state index contributed by atoms with van der Waals surface area (Å²) >= 11 is 0. The minimum Gasteiger partial charge on any atom is -0.668 e. The molecule has 0 atom stereocenters. The molecule has 4 heteroatoms. The largest absolute Gasteiger partial charge is 1.00 e. The maximum absolute atomic E-state index is 10.0. The molecule has 0 unspecified atom stereocenters. The van der Waals surface area contributed by atoms with Crippen molar-refractivity contribution >= 4 is 5.97 Å². The number of nitrogens with one attached hydrogen (secondary N) is 1. The summed E-state index contributed by atoms with van der Waals surface area (Å²) in [5.41, 5.74) is 6.44. The molecule has 0 fully saturated rings. The minimum absolute atomic E-state index is 0. The van der Waals surface area contributed by atoms with Gasteiger partial charge in [0, 0.05) is 0 Å². The molecular weight excluding hydrogens is 133 g/mol. The summed E-state index contributed by atoms with van der Waals surface area (Å²) in [5.74, 6) is -0.456. The zero-order chi connectivity index (χ0) is 5.70. The average molecular weight is 141 g/mol. The van der Waals surface area contributed by atoms with Crippen molar-refractivity contribution < 1.29 is 60.9 Å². The average Bonchev–Trinajstić information content (AvgIpc) is 1.68. The van der Waals surface area contributed by atoms with Crippen LogP contribution in [0.25, 0.3) is 5.73 Å². The monoisotopic (exact) mass is 141 g/mol. The fraction of sp³-hybridized carbons (Fsp3) is 0.750. The van der Waals surface area contributed by atoms with Crippen LogP contribution in [-0.2, 0) is 9.53 Å². The van der Waals surface area contributed by atoms with Gasteiger partial charge in [0.05, 0.1) is 6.61 Å². The van der Waals surface area contributed by atoms with Gasteiger partial charge in [-0.2, -0.15) is 0 Å². The summed E-state index contributed by atoms with van der Waals surface area (Å²) in [6.07, 6.45) is 0. The van der Waals surface area contributed by atoms with Crippen LogP contribution in [-0.4, -0.2) is 19.1 Å². The quantitative estimate of drug-likeness (QED) is 0.318. The molecule has 0 aromatic carbocycles. The minimum atomic E-state index is -0.456. The second-order valence-corrected chi connectivity index (χ2v) is 0.982. The Morgan fingerprint density at radius 1 is 1.75 bits per heavy atom. The van der Waals surface area contributed by atoms with Crippen molar-refractivity contribution in [2.24, 2.45) is 0 Å². The van der Waals surface area contributed by atoms with Crippen molar-refractivity contribution in [3.8, 4) is 0 Å². The predicted molar refractivity (Wildman–Crippen MR) is 25.8 cm³/mol. The Kier molecular flexibility index (Phi) is 11.9. The Morgan fingerprint density at radius 2 is 2.25 bits per heavy atom.